The number of sulfonamides is 1. The molecule has 1 saturated heterocycles. The minimum atomic E-state index is -3.66. The van der Waals surface area contributed by atoms with E-state index in [-0.39, 0.29) is 28.6 Å². The summed E-state index contributed by atoms with van der Waals surface area (Å²) in [6.45, 7) is 8.34. The van der Waals surface area contributed by atoms with Crippen molar-refractivity contribution in [3.8, 4) is 0 Å². The van der Waals surface area contributed by atoms with Crippen LogP contribution in [0.2, 0.25) is 0 Å². The van der Waals surface area contributed by atoms with Crippen molar-refractivity contribution in [3.05, 3.63) is 29.8 Å². The SMILES string of the molecule is CCCNC(=O)[C@@H](C)NC(=O)c1ccc(S(=O)(=O)N2C[C@@H](C)O[C@@H](C)C2)cc1. The average Bonchev–Trinajstić information content (AvgIpc) is 2.65. The maximum absolute atomic E-state index is 12.8. The Kier molecular flexibility index (Phi) is 7.56. The molecule has 1 heterocycles. The van der Waals surface area contributed by atoms with E-state index in [9.17, 15) is 18.0 Å². The molecular formula is C19H29N3O5S. The van der Waals surface area contributed by atoms with Gasteiger partial charge in [0.1, 0.15) is 6.04 Å². The molecule has 2 rings (SSSR count). The van der Waals surface area contributed by atoms with Crippen molar-refractivity contribution in [2.45, 2.75) is 57.3 Å². The van der Waals surface area contributed by atoms with Crippen LogP contribution in [0, 0.1) is 0 Å². The van der Waals surface area contributed by atoms with E-state index >= 15 is 0 Å². The Bertz CT molecular complexity index is 784. The second kappa shape index (κ2) is 9.49. The molecule has 2 amide bonds. The Morgan fingerprint density at radius 3 is 2.29 bits per heavy atom. The predicted octanol–water partition coefficient (Wildman–Crippen LogP) is 1.13. The summed E-state index contributed by atoms with van der Waals surface area (Å²) in [5.41, 5.74) is 0.290. The number of ether oxygens (including phenoxy) is 1. The molecule has 8 nitrogen and oxygen atoms in total. The molecule has 156 valence electrons. The second-order valence-electron chi connectivity index (χ2n) is 7.09. The van der Waals surface area contributed by atoms with Gasteiger partial charge in [0, 0.05) is 25.2 Å². The van der Waals surface area contributed by atoms with E-state index in [1.165, 1.54) is 28.6 Å². The van der Waals surface area contributed by atoms with Crippen LogP contribution in [0.4, 0.5) is 0 Å². The molecule has 0 aliphatic carbocycles. The maximum Gasteiger partial charge on any atom is 0.251 e. The Morgan fingerprint density at radius 1 is 1.18 bits per heavy atom. The van der Waals surface area contributed by atoms with E-state index in [4.69, 9.17) is 4.74 Å². The highest BCUT2D eigenvalue weighted by molar-refractivity contribution is 7.89. The van der Waals surface area contributed by atoms with Crippen LogP contribution >= 0.6 is 0 Å². The highest BCUT2D eigenvalue weighted by Gasteiger charge is 2.32. The molecule has 0 bridgehead atoms. The first-order valence-corrected chi connectivity index (χ1v) is 10.9. The molecule has 28 heavy (non-hydrogen) atoms. The first kappa shape index (κ1) is 22.3. The molecule has 3 atom stereocenters. The van der Waals surface area contributed by atoms with Crippen LogP contribution < -0.4 is 10.6 Å². The van der Waals surface area contributed by atoms with Crippen molar-refractivity contribution in [2.75, 3.05) is 19.6 Å². The van der Waals surface area contributed by atoms with Gasteiger partial charge in [-0.05, 0) is 51.5 Å². The van der Waals surface area contributed by atoms with Crippen LogP contribution in [-0.4, -0.2) is 62.4 Å². The number of nitrogens with zero attached hydrogens (tertiary/aromatic N) is 1. The molecule has 1 aromatic carbocycles. The van der Waals surface area contributed by atoms with E-state index in [2.05, 4.69) is 10.6 Å². The number of carbonyl (C=O) groups excluding carboxylic acids is 2. The third kappa shape index (κ3) is 5.52. The minimum Gasteiger partial charge on any atom is -0.373 e. The largest absolute Gasteiger partial charge is 0.373 e. The van der Waals surface area contributed by atoms with Crippen molar-refractivity contribution >= 4 is 21.8 Å². The van der Waals surface area contributed by atoms with E-state index in [1.54, 1.807) is 6.92 Å². The molecule has 9 heteroatoms. The Labute approximate surface area is 166 Å². The number of carbonyl (C=O) groups is 2. The van der Waals surface area contributed by atoms with Gasteiger partial charge in [0.25, 0.3) is 5.91 Å². The van der Waals surface area contributed by atoms with Crippen LogP contribution in [-0.2, 0) is 19.6 Å². The highest BCUT2D eigenvalue weighted by atomic mass is 32.2. The van der Waals surface area contributed by atoms with Gasteiger partial charge in [0.05, 0.1) is 17.1 Å². The molecule has 0 spiro atoms. The summed E-state index contributed by atoms with van der Waals surface area (Å²) in [5, 5.41) is 5.32. The summed E-state index contributed by atoms with van der Waals surface area (Å²) in [7, 11) is -3.66. The summed E-state index contributed by atoms with van der Waals surface area (Å²) in [6.07, 6.45) is 0.455. The van der Waals surface area contributed by atoms with Crippen LogP contribution in [0.25, 0.3) is 0 Å². The molecule has 0 saturated carbocycles. The number of hydrogen-bond acceptors (Lipinski definition) is 5. The normalized spacial score (nSPS) is 21.7. The first-order valence-electron chi connectivity index (χ1n) is 9.49. The average molecular weight is 412 g/mol. The smallest absolute Gasteiger partial charge is 0.251 e. The van der Waals surface area contributed by atoms with E-state index in [0.29, 0.717) is 19.6 Å². The molecule has 0 unspecified atom stereocenters. The van der Waals surface area contributed by atoms with Gasteiger partial charge in [0.15, 0.2) is 0 Å². The number of amides is 2. The zero-order chi connectivity index (χ0) is 20.9. The fraction of sp³-hybridized carbons (Fsp3) is 0.579. The molecule has 0 radical (unpaired) electrons. The minimum absolute atomic E-state index is 0.124. The second-order valence-corrected chi connectivity index (χ2v) is 9.03. The lowest BCUT2D eigenvalue weighted by atomic mass is 10.2. The molecule has 1 fully saturated rings. The molecular weight excluding hydrogens is 382 g/mol. The standard InChI is InChI=1S/C19H29N3O5S/c1-5-10-20-18(23)15(4)21-19(24)16-6-8-17(9-7-16)28(25,26)22-11-13(2)27-14(3)12-22/h6-9,13-15H,5,10-12H2,1-4H3,(H,20,23)(H,21,24)/t13-,14+,15-/m1/s1. The van der Waals surface area contributed by atoms with Crippen LogP contribution in [0.3, 0.4) is 0 Å². The van der Waals surface area contributed by atoms with E-state index in [1.807, 2.05) is 20.8 Å². The third-order valence-electron chi connectivity index (χ3n) is 4.43. The Morgan fingerprint density at radius 2 is 1.75 bits per heavy atom. The lowest BCUT2D eigenvalue weighted by Gasteiger charge is -2.34. The molecule has 1 aromatic rings. The predicted molar refractivity (Wildman–Crippen MR) is 105 cm³/mol. The van der Waals surface area contributed by atoms with E-state index in [0.717, 1.165) is 6.42 Å². The number of nitrogens with one attached hydrogen (secondary N) is 2. The Hall–Kier alpha value is -1.97. The van der Waals surface area contributed by atoms with Gasteiger partial charge in [-0.3, -0.25) is 9.59 Å². The lowest BCUT2D eigenvalue weighted by Crippen LogP contribution is -2.48. The summed E-state index contributed by atoms with van der Waals surface area (Å²) in [5.74, 6) is -0.693. The zero-order valence-electron chi connectivity index (χ0n) is 16.8. The maximum atomic E-state index is 12.8. The van der Waals surface area contributed by atoms with Gasteiger partial charge in [-0.1, -0.05) is 6.92 Å². The first-order chi connectivity index (χ1) is 13.1. The monoisotopic (exact) mass is 411 g/mol. The van der Waals surface area contributed by atoms with Gasteiger partial charge in [-0.15, -0.1) is 0 Å². The van der Waals surface area contributed by atoms with Crippen molar-refractivity contribution in [1.82, 2.24) is 14.9 Å². The molecule has 1 aliphatic heterocycles. The van der Waals surface area contributed by atoms with Gasteiger partial charge < -0.3 is 15.4 Å². The van der Waals surface area contributed by atoms with Gasteiger partial charge in [0.2, 0.25) is 15.9 Å². The molecule has 0 aromatic heterocycles. The number of rotatable bonds is 7. The quantitative estimate of drug-likeness (QED) is 0.700. The van der Waals surface area contributed by atoms with Gasteiger partial charge in [-0.2, -0.15) is 4.31 Å². The van der Waals surface area contributed by atoms with Crippen molar-refractivity contribution < 1.29 is 22.7 Å². The van der Waals surface area contributed by atoms with Crippen LogP contribution in [0.1, 0.15) is 44.5 Å². The number of hydrogen-bond donors (Lipinski definition) is 2. The summed E-state index contributed by atoms with van der Waals surface area (Å²) in [4.78, 5) is 24.3. The lowest BCUT2D eigenvalue weighted by molar-refractivity contribution is -0.122. The third-order valence-corrected chi connectivity index (χ3v) is 6.28. The van der Waals surface area contributed by atoms with Crippen molar-refractivity contribution in [1.29, 1.82) is 0 Å². The summed E-state index contributed by atoms with van der Waals surface area (Å²) < 4.78 is 32.7. The van der Waals surface area contributed by atoms with Crippen molar-refractivity contribution in [3.63, 3.8) is 0 Å². The number of benzene rings is 1. The topological polar surface area (TPSA) is 105 Å². The Balaban J connectivity index is 2.06. The van der Waals surface area contributed by atoms with E-state index < -0.39 is 22.0 Å². The molecule has 1 aliphatic rings. The van der Waals surface area contributed by atoms with Crippen LogP contribution in [0.15, 0.2) is 29.2 Å². The fourth-order valence-corrected chi connectivity index (χ4v) is 4.59. The van der Waals surface area contributed by atoms with Gasteiger partial charge in [-0.25, -0.2) is 8.42 Å². The van der Waals surface area contributed by atoms with Gasteiger partial charge >= 0.3 is 0 Å². The highest BCUT2D eigenvalue weighted by Crippen LogP contribution is 2.21. The summed E-state index contributed by atoms with van der Waals surface area (Å²) >= 11 is 0. The van der Waals surface area contributed by atoms with Crippen LogP contribution in [0.5, 0.6) is 0 Å². The molecule has 2 N–H and O–H groups in total. The summed E-state index contributed by atoms with van der Waals surface area (Å²) in [6, 6.07) is 5.05. The fourth-order valence-electron chi connectivity index (χ4n) is 3.00. The number of morpholine rings is 1. The zero-order valence-corrected chi connectivity index (χ0v) is 17.6. The van der Waals surface area contributed by atoms with Crippen molar-refractivity contribution in [2.24, 2.45) is 0 Å².